The summed E-state index contributed by atoms with van der Waals surface area (Å²) in [5.74, 6) is -0.179. The van der Waals surface area contributed by atoms with Crippen molar-refractivity contribution >= 4 is 28.3 Å². The summed E-state index contributed by atoms with van der Waals surface area (Å²) < 4.78 is 18.8. The molecule has 0 fully saturated rings. The second-order valence-corrected chi connectivity index (χ2v) is 7.45. The number of fused-ring (bicyclic) bond motifs is 1. The van der Waals surface area contributed by atoms with Crippen molar-refractivity contribution in [3.8, 4) is 5.75 Å². The molecule has 0 saturated carbocycles. The highest BCUT2D eigenvalue weighted by Crippen LogP contribution is 2.29. The molecule has 0 atom stereocenters. The number of hydrogen-bond donors (Lipinski definition) is 1. The molecule has 4 rings (SSSR count). The number of thiazole rings is 1. The van der Waals surface area contributed by atoms with E-state index in [0.29, 0.717) is 36.0 Å². The van der Waals surface area contributed by atoms with E-state index >= 15 is 0 Å². The van der Waals surface area contributed by atoms with Gasteiger partial charge in [-0.2, -0.15) is 0 Å². The predicted molar refractivity (Wildman–Crippen MR) is 108 cm³/mol. The molecule has 1 aliphatic heterocycles. The maximum Gasteiger partial charge on any atom is 0.264 e. The van der Waals surface area contributed by atoms with Crippen molar-refractivity contribution in [2.45, 2.75) is 13.0 Å². The Labute approximate surface area is 171 Å². The number of amides is 2. The lowest BCUT2D eigenvalue weighted by molar-refractivity contribution is -0.118. The molecule has 29 heavy (non-hydrogen) atoms. The zero-order valence-electron chi connectivity index (χ0n) is 15.4. The van der Waals surface area contributed by atoms with Crippen LogP contribution in [0.1, 0.15) is 21.5 Å². The van der Waals surface area contributed by atoms with Crippen molar-refractivity contribution in [2.75, 3.05) is 18.5 Å². The summed E-state index contributed by atoms with van der Waals surface area (Å²) in [6, 6.07) is 11.4. The van der Waals surface area contributed by atoms with Gasteiger partial charge in [-0.3, -0.25) is 14.9 Å². The molecule has 0 bridgehead atoms. The molecule has 2 aromatic carbocycles. The zero-order chi connectivity index (χ0) is 20.2. The molecule has 6 nitrogen and oxygen atoms in total. The van der Waals surface area contributed by atoms with Gasteiger partial charge < -0.3 is 9.64 Å². The minimum Gasteiger partial charge on any atom is -0.483 e. The molecule has 0 saturated heterocycles. The van der Waals surface area contributed by atoms with Crippen LogP contribution in [0.5, 0.6) is 5.75 Å². The first-order valence-corrected chi connectivity index (χ1v) is 9.96. The Morgan fingerprint density at radius 2 is 2.07 bits per heavy atom. The number of aromatic nitrogens is 1. The van der Waals surface area contributed by atoms with Crippen LogP contribution < -0.4 is 10.1 Å². The Kier molecular flexibility index (Phi) is 5.53. The van der Waals surface area contributed by atoms with E-state index < -0.39 is 0 Å². The van der Waals surface area contributed by atoms with Gasteiger partial charge in [0, 0.05) is 35.8 Å². The van der Waals surface area contributed by atoms with Gasteiger partial charge >= 0.3 is 0 Å². The van der Waals surface area contributed by atoms with Crippen LogP contribution in [0.2, 0.25) is 0 Å². The van der Waals surface area contributed by atoms with Crippen molar-refractivity contribution in [1.29, 1.82) is 0 Å². The van der Waals surface area contributed by atoms with Gasteiger partial charge in [-0.15, -0.1) is 11.3 Å². The van der Waals surface area contributed by atoms with Crippen LogP contribution in [0.4, 0.5) is 9.52 Å². The van der Waals surface area contributed by atoms with Gasteiger partial charge in [0.25, 0.3) is 11.8 Å². The normalized spacial score (nSPS) is 13.1. The summed E-state index contributed by atoms with van der Waals surface area (Å²) in [5, 5.41) is 4.95. The molecule has 0 aliphatic carbocycles. The quantitative estimate of drug-likeness (QED) is 0.674. The predicted octanol–water partition coefficient (Wildman–Crippen LogP) is 3.50. The first-order valence-electron chi connectivity index (χ1n) is 9.08. The summed E-state index contributed by atoms with van der Waals surface area (Å²) in [7, 11) is 0. The maximum atomic E-state index is 13.1. The molecule has 0 unspecified atom stereocenters. The van der Waals surface area contributed by atoms with Crippen LogP contribution >= 0.6 is 11.3 Å². The number of carbonyl (C=O) groups is 2. The Balaban J connectivity index is 1.43. The number of anilines is 1. The van der Waals surface area contributed by atoms with E-state index in [0.717, 1.165) is 11.1 Å². The molecule has 1 N–H and O–H groups in total. The largest absolute Gasteiger partial charge is 0.483 e. The van der Waals surface area contributed by atoms with Gasteiger partial charge in [-0.05, 0) is 36.2 Å². The number of rotatable bonds is 6. The molecule has 1 aromatic heterocycles. The number of hydrogen-bond acceptors (Lipinski definition) is 5. The van der Waals surface area contributed by atoms with Crippen LogP contribution in [0.25, 0.3) is 0 Å². The third kappa shape index (κ3) is 4.43. The summed E-state index contributed by atoms with van der Waals surface area (Å²) in [6.45, 7) is 0.776. The average Bonchev–Trinajstić information content (AvgIpc) is 3.23. The number of carbonyl (C=O) groups excluding carboxylic acids is 2. The van der Waals surface area contributed by atoms with Gasteiger partial charge in [0.1, 0.15) is 11.6 Å². The standard InChI is InChI=1S/C21H18FN3O3S/c22-15-6-4-14(5-7-15)12-25-10-8-16-17(20(25)27)2-1-3-18(16)28-13-19(26)24-21-23-9-11-29-21/h1-7,9,11H,8,10,12-13H2,(H,23,24,26). The van der Waals surface area contributed by atoms with Gasteiger partial charge in [0.15, 0.2) is 11.7 Å². The van der Waals surface area contributed by atoms with Gasteiger partial charge in [-0.1, -0.05) is 18.2 Å². The Bertz CT molecular complexity index is 1020. The summed E-state index contributed by atoms with van der Waals surface area (Å²) in [4.78, 5) is 30.7. The first-order chi connectivity index (χ1) is 14.1. The summed E-state index contributed by atoms with van der Waals surface area (Å²) >= 11 is 1.33. The van der Waals surface area contributed by atoms with Gasteiger partial charge in [0.05, 0.1) is 0 Å². The molecule has 8 heteroatoms. The van der Waals surface area contributed by atoms with E-state index in [2.05, 4.69) is 10.3 Å². The molecular formula is C21H18FN3O3S. The number of halogens is 1. The lowest BCUT2D eigenvalue weighted by atomic mass is 9.97. The molecule has 0 spiro atoms. The highest BCUT2D eigenvalue weighted by molar-refractivity contribution is 7.13. The zero-order valence-corrected chi connectivity index (χ0v) is 16.2. The van der Waals surface area contributed by atoms with Crippen LogP contribution in [0.3, 0.4) is 0 Å². The monoisotopic (exact) mass is 411 g/mol. The van der Waals surface area contributed by atoms with Gasteiger partial charge in [-0.25, -0.2) is 9.37 Å². The lowest BCUT2D eigenvalue weighted by Crippen LogP contribution is -2.37. The molecule has 2 heterocycles. The van der Waals surface area contributed by atoms with Crippen LogP contribution in [-0.2, 0) is 17.8 Å². The minimum atomic E-state index is -0.308. The van der Waals surface area contributed by atoms with Crippen molar-refractivity contribution in [1.82, 2.24) is 9.88 Å². The molecular weight excluding hydrogens is 393 g/mol. The van der Waals surface area contributed by atoms with Gasteiger partial charge in [0.2, 0.25) is 0 Å². The first kappa shape index (κ1) is 19.1. The average molecular weight is 411 g/mol. The second kappa shape index (κ2) is 8.40. The molecule has 0 radical (unpaired) electrons. The van der Waals surface area contributed by atoms with Crippen molar-refractivity contribution < 1.29 is 18.7 Å². The number of nitrogens with one attached hydrogen (secondary N) is 1. The van der Waals surface area contributed by atoms with Crippen molar-refractivity contribution in [3.63, 3.8) is 0 Å². The third-order valence-corrected chi connectivity index (χ3v) is 5.30. The molecule has 148 valence electrons. The second-order valence-electron chi connectivity index (χ2n) is 6.56. The summed E-state index contributed by atoms with van der Waals surface area (Å²) in [5.41, 5.74) is 2.24. The van der Waals surface area contributed by atoms with E-state index in [1.807, 2.05) is 0 Å². The van der Waals surface area contributed by atoms with Crippen LogP contribution in [0.15, 0.2) is 54.0 Å². The van der Waals surface area contributed by atoms with Crippen LogP contribution in [0, 0.1) is 5.82 Å². The lowest BCUT2D eigenvalue weighted by Gasteiger charge is -2.29. The Morgan fingerprint density at radius 3 is 2.83 bits per heavy atom. The van der Waals surface area contributed by atoms with E-state index in [4.69, 9.17) is 4.74 Å². The highest BCUT2D eigenvalue weighted by atomic mass is 32.1. The Hall–Kier alpha value is -3.26. The SMILES string of the molecule is O=C(COc1cccc2c1CCN(Cc1ccc(F)cc1)C2=O)Nc1nccs1. The number of benzene rings is 2. The van der Waals surface area contributed by atoms with Crippen molar-refractivity contribution in [3.05, 3.63) is 76.5 Å². The Morgan fingerprint density at radius 1 is 1.24 bits per heavy atom. The third-order valence-electron chi connectivity index (χ3n) is 4.61. The van der Waals surface area contributed by atoms with E-state index in [9.17, 15) is 14.0 Å². The fourth-order valence-corrected chi connectivity index (χ4v) is 3.77. The van der Waals surface area contributed by atoms with E-state index in [1.54, 1.807) is 46.8 Å². The number of ether oxygens (including phenoxy) is 1. The minimum absolute atomic E-state index is 0.103. The van der Waals surface area contributed by atoms with E-state index in [-0.39, 0.29) is 24.2 Å². The summed E-state index contributed by atoms with van der Waals surface area (Å²) in [6.07, 6.45) is 2.23. The fourth-order valence-electron chi connectivity index (χ4n) is 3.22. The smallest absolute Gasteiger partial charge is 0.264 e. The highest BCUT2D eigenvalue weighted by Gasteiger charge is 2.26. The number of nitrogens with zero attached hydrogens (tertiary/aromatic N) is 2. The van der Waals surface area contributed by atoms with E-state index in [1.165, 1.54) is 23.5 Å². The maximum absolute atomic E-state index is 13.1. The molecule has 1 aliphatic rings. The molecule has 2 amide bonds. The van der Waals surface area contributed by atoms with Crippen LogP contribution in [-0.4, -0.2) is 34.8 Å². The topological polar surface area (TPSA) is 71.5 Å². The molecule has 3 aromatic rings. The fraction of sp³-hybridized carbons (Fsp3) is 0.190. The van der Waals surface area contributed by atoms with Crippen molar-refractivity contribution in [2.24, 2.45) is 0 Å².